The van der Waals surface area contributed by atoms with Crippen molar-refractivity contribution in [2.24, 2.45) is 11.3 Å². The van der Waals surface area contributed by atoms with Crippen molar-refractivity contribution in [2.75, 3.05) is 6.54 Å². The molecule has 0 atom stereocenters. The molecule has 0 spiro atoms. The molecule has 112 valence electrons. The third kappa shape index (κ3) is 3.22. The van der Waals surface area contributed by atoms with Crippen LogP contribution in [0.5, 0.6) is 0 Å². The zero-order chi connectivity index (χ0) is 15.0. The first kappa shape index (κ1) is 15.5. The van der Waals surface area contributed by atoms with Crippen molar-refractivity contribution < 1.29 is 8.42 Å². The molecule has 1 aliphatic rings. The fraction of sp³-hybridized carbons (Fsp3) is 0.600. The first-order valence-electron chi connectivity index (χ1n) is 7.04. The van der Waals surface area contributed by atoms with Gasteiger partial charge in [-0.1, -0.05) is 33.8 Å². The van der Waals surface area contributed by atoms with Crippen LogP contribution >= 0.6 is 0 Å². The Morgan fingerprint density at radius 2 is 1.90 bits per heavy atom. The van der Waals surface area contributed by atoms with Crippen LogP contribution in [0, 0.1) is 11.3 Å². The van der Waals surface area contributed by atoms with Gasteiger partial charge in [-0.2, -0.15) is 0 Å². The second-order valence-electron chi connectivity index (χ2n) is 6.50. The van der Waals surface area contributed by atoms with Crippen molar-refractivity contribution in [2.45, 2.75) is 45.7 Å². The van der Waals surface area contributed by atoms with E-state index in [2.05, 4.69) is 37.7 Å². The maximum Gasteiger partial charge on any atom is 0.240 e. The van der Waals surface area contributed by atoms with E-state index in [0.29, 0.717) is 17.4 Å². The fourth-order valence-electron chi connectivity index (χ4n) is 2.01. The van der Waals surface area contributed by atoms with Crippen LogP contribution < -0.4 is 10.0 Å². The summed E-state index contributed by atoms with van der Waals surface area (Å²) in [4.78, 5) is 0.361. The molecular weight excluding hydrogens is 272 g/mol. The number of hydrogen-bond acceptors (Lipinski definition) is 3. The van der Waals surface area contributed by atoms with Crippen molar-refractivity contribution in [3.63, 3.8) is 0 Å². The first-order valence-corrected chi connectivity index (χ1v) is 8.53. The average Bonchev–Trinajstić information content (AvgIpc) is 2.83. The monoisotopic (exact) mass is 296 g/mol. The number of rotatable bonds is 5. The molecule has 2 rings (SSSR count). The summed E-state index contributed by atoms with van der Waals surface area (Å²) in [6.45, 7) is 10.4. The van der Waals surface area contributed by atoms with E-state index in [0.717, 1.165) is 18.7 Å². The van der Waals surface area contributed by atoms with Crippen molar-refractivity contribution in [1.29, 1.82) is 0 Å². The number of hydrogen-bond donors (Lipinski definition) is 2. The molecule has 1 aliphatic heterocycles. The highest BCUT2D eigenvalue weighted by Gasteiger charge is 2.26. The molecule has 0 aliphatic carbocycles. The molecule has 0 amide bonds. The predicted molar refractivity (Wildman–Crippen MR) is 80.8 cm³/mol. The van der Waals surface area contributed by atoms with Gasteiger partial charge in [0.05, 0.1) is 4.90 Å². The molecule has 1 aromatic rings. The second kappa shape index (κ2) is 5.47. The molecule has 1 aromatic carbocycles. The number of sulfonamides is 1. The van der Waals surface area contributed by atoms with Gasteiger partial charge in [0.25, 0.3) is 0 Å². The summed E-state index contributed by atoms with van der Waals surface area (Å²) in [6.07, 6.45) is 0. The maximum absolute atomic E-state index is 12.4. The summed E-state index contributed by atoms with van der Waals surface area (Å²) in [5.41, 5.74) is 2.20. The van der Waals surface area contributed by atoms with Crippen LogP contribution in [0.25, 0.3) is 0 Å². The minimum atomic E-state index is -3.43. The van der Waals surface area contributed by atoms with Gasteiger partial charge in [0.15, 0.2) is 0 Å². The number of benzene rings is 1. The molecule has 0 fully saturated rings. The highest BCUT2D eigenvalue weighted by atomic mass is 32.2. The predicted octanol–water partition coefficient (Wildman–Crippen LogP) is 2.25. The normalized spacial score (nSPS) is 15.7. The molecule has 2 N–H and O–H groups in total. The maximum atomic E-state index is 12.4. The summed E-state index contributed by atoms with van der Waals surface area (Å²) in [6, 6.07) is 5.37. The lowest BCUT2D eigenvalue weighted by atomic mass is 9.81. The van der Waals surface area contributed by atoms with Gasteiger partial charge in [0, 0.05) is 19.6 Å². The van der Waals surface area contributed by atoms with Gasteiger partial charge < -0.3 is 5.32 Å². The number of nitrogens with one attached hydrogen (secondary N) is 2. The Hall–Kier alpha value is -0.910. The molecule has 0 unspecified atom stereocenters. The van der Waals surface area contributed by atoms with Crippen LogP contribution in [0.3, 0.4) is 0 Å². The van der Waals surface area contributed by atoms with Crippen LogP contribution in [0.1, 0.15) is 38.8 Å². The van der Waals surface area contributed by atoms with Gasteiger partial charge in [0.1, 0.15) is 0 Å². The average molecular weight is 296 g/mol. The van der Waals surface area contributed by atoms with E-state index in [-0.39, 0.29) is 5.41 Å². The quantitative estimate of drug-likeness (QED) is 0.876. The summed E-state index contributed by atoms with van der Waals surface area (Å²) < 4.78 is 27.5. The minimum Gasteiger partial charge on any atom is -0.309 e. The molecule has 0 saturated heterocycles. The summed E-state index contributed by atoms with van der Waals surface area (Å²) in [7, 11) is -3.43. The minimum absolute atomic E-state index is 0.0641. The van der Waals surface area contributed by atoms with Crippen LogP contribution in [-0.2, 0) is 23.1 Å². The Labute approximate surface area is 122 Å². The second-order valence-corrected chi connectivity index (χ2v) is 8.27. The molecule has 5 heteroatoms. The topological polar surface area (TPSA) is 58.2 Å². The molecule has 1 heterocycles. The highest BCUT2D eigenvalue weighted by Crippen LogP contribution is 2.26. The summed E-state index contributed by atoms with van der Waals surface area (Å²) >= 11 is 0. The zero-order valence-electron chi connectivity index (χ0n) is 12.7. The Kier molecular flexibility index (Phi) is 4.23. The van der Waals surface area contributed by atoms with Crippen molar-refractivity contribution in [1.82, 2.24) is 10.0 Å². The Morgan fingerprint density at radius 3 is 2.55 bits per heavy atom. The van der Waals surface area contributed by atoms with Gasteiger partial charge in [-0.3, -0.25) is 0 Å². The Bertz CT molecular complexity index is 592. The fourth-order valence-corrected chi connectivity index (χ4v) is 3.28. The summed E-state index contributed by atoms with van der Waals surface area (Å²) in [5.74, 6) is 0.412. The molecule has 0 radical (unpaired) electrons. The van der Waals surface area contributed by atoms with E-state index in [1.54, 1.807) is 12.1 Å². The van der Waals surface area contributed by atoms with Crippen LogP contribution in [0.4, 0.5) is 0 Å². The summed E-state index contributed by atoms with van der Waals surface area (Å²) in [5, 5.41) is 3.22. The van der Waals surface area contributed by atoms with Crippen molar-refractivity contribution >= 4 is 10.0 Å². The number of fused-ring (bicyclic) bond motifs is 1. The van der Waals surface area contributed by atoms with Gasteiger partial charge >= 0.3 is 0 Å². The van der Waals surface area contributed by atoms with Crippen LogP contribution in [0.2, 0.25) is 0 Å². The smallest absolute Gasteiger partial charge is 0.240 e. The van der Waals surface area contributed by atoms with Crippen molar-refractivity contribution in [3.8, 4) is 0 Å². The SMILES string of the molecule is CC(C)C(C)(C)CNS(=O)(=O)c1ccc2c(c1)CNC2. The van der Waals surface area contributed by atoms with Gasteiger partial charge in [-0.05, 0) is 34.6 Å². The van der Waals surface area contributed by atoms with E-state index in [9.17, 15) is 8.42 Å². The van der Waals surface area contributed by atoms with E-state index in [1.807, 2.05) is 6.07 Å². The standard InChI is InChI=1S/C15H24N2O2S/c1-11(2)15(3,4)10-17-20(18,19)14-6-5-12-8-16-9-13(12)7-14/h5-7,11,16-17H,8-10H2,1-4H3. The van der Waals surface area contributed by atoms with E-state index in [1.165, 1.54) is 5.56 Å². The molecule has 4 nitrogen and oxygen atoms in total. The molecule has 0 saturated carbocycles. The van der Waals surface area contributed by atoms with Crippen LogP contribution in [-0.4, -0.2) is 15.0 Å². The van der Waals surface area contributed by atoms with Gasteiger partial charge in [0.2, 0.25) is 10.0 Å². The molecule has 20 heavy (non-hydrogen) atoms. The van der Waals surface area contributed by atoms with Crippen LogP contribution in [0.15, 0.2) is 23.1 Å². The van der Waals surface area contributed by atoms with Crippen molar-refractivity contribution in [3.05, 3.63) is 29.3 Å². The molecule has 0 bridgehead atoms. The zero-order valence-corrected chi connectivity index (χ0v) is 13.5. The van der Waals surface area contributed by atoms with Gasteiger partial charge in [-0.25, -0.2) is 13.1 Å². The lowest BCUT2D eigenvalue weighted by Crippen LogP contribution is -2.37. The van der Waals surface area contributed by atoms with E-state index < -0.39 is 10.0 Å². The van der Waals surface area contributed by atoms with E-state index >= 15 is 0 Å². The highest BCUT2D eigenvalue weighted by molar-refractivity contribution is 7.89. The first-order chi connectivity index (χ1) is 9.22. The Morgan fingerprint density at radius 1 is 1.25 bits per heavy atom. The molecule has 0 aromatic heterocycles. The molecular formula is C15H24N2O2S. The largest absolute Gasteiger partial charge is 0.309 e. The van der Waals surface area contributed by atoms with Gasteiger partial charge in [-0.15, -0.1) is 0 Å². The third-order valence-electron chi connectivity index (χ3n) is 4.40. The van der Waals surface area contributed by atoms with E-state index in [4.69, 9.17) is 0 Å². The lowest BCUT2D eigenvalue weighted by Gasteiger charge is -2.29. The third-order valence-corrected chi connectivity index (χ3v) is 5.80. The Balaban J connectivity index is 2.15. The lowest BCUT2D eigenvalue weighted by molar-refractivity contribution is 0.252.